The number of hydrogen-bond donors (Lipinski definition) is 3. The van der Waals surface area contributed by atoms with Gasteiger partial charge in [-0.05, 0) is 56.1 Å². The zero-order chi connectivity index (χ0) is 12.8. The Morgan fingerprint density at radius 3 is 3.11 bits per heavy atom. The molecule has 1 aromatic carbocycles. The molecule has 4 nitrogen and oxygen atoms in total. The van der Waals surface area contributed by atoms with Gasteiger partial charge in [0.1, 0.15) is 0 Å². The van der Waals surface area contributed by atoms with Gasteiger partial charge in [0.25, 0.3) is 0 Å². The molecule has 1 atom stereocenters. The van der Waals surface area contributed by atoms with Crippen molar-refractivity contribution in [1.29, 1.82) is 0 Å². The zero-order valence-electron chi connectivity index (χ0n) is 10.6. The minimum Gasteiger partial charge on any atom is -0.366 e. The summed E-state index contributed by atoms with van der Waals surface area (Å²) < 4.78 is 0. The summed E-state index contributed by atoms with van der Waals surface area (Å²) in [6, 6.07) is 7.49. The molecule has 4 heteroatoms. The lowest BCUT2D eigenvalue weighted by Gasteiger charge is -2.23. The molecule has 1 aromatic rings. The van der Waals surface area contributed by atoms with Gasteiger partial charge in [-0.25, -0.2) is 0 Å². The number of piperidine rings is 1. The molecular formula is C14H21N3O. The van der Waals surface area contributed by atoms with E-state index < -0.39 is 0 Å². The first-order valence-corrected chi connectivity index (χ1v) is 6.56. The monoisotopic (exact) mass is 247 g/mol. The third-order valence-corrected chi connectivity index (χ3v) is 3.37. The molecule has 1 aliphatic rings. The van der Waals surface area contributed by atoms with Crippen LogP contribution >= 0.6 is 0 Å². The normalized spacial score (nSPS) is 19.7. The van der Waals surface area contributed by atoms with Crippen molar-refractivity contribution in [2.75, 3.05) is 19.6 Å². The van der Waals surface area contributed by atoms with Gasteiger partial charge in [-0.3, -0.25) is 4.79 Å². The van der Waals surface area contributed by atoms with Gasteiger partial charge >= 0.3 is 0 Å². The maximum absolute atomic E-state index is 11.1. The minimum absolute atomic E-state index is 0.367. The summed E-state index contributed by atoms with van der Waals surface area (Å²) >= 11 is 0. The number of rotatable bonds is 5. The Labute approximate surface area is 108 Å². The van der Waals surface area contributed by atoms with E-state index in [1.165, 1.54) is 12.8 Å². The average Bonchev–Trinajstić information content (AvgIpc) is 2.40. The highest BCUT2D eigenvalue weighted by atomic mass is 16.1. The molecular weight excluding hydrogens is 226 g/mol. The molecule has 1 aliphatic heterocycles. The summed E-state index contributed by atoms with van der Waals surface area (Å²) in [6.07, 6.45) is 2.56. The summed E-state index contributed by atoms with van der Waals surface area (Å²) in [6.45, 7) is 4.07. The topological polar surface area (TPSA) is 67.2 Å². The van der Waals surface area contributed by atoms with Gasteiger partial charge in [0.2, 0.25) is 5.91 Å². The molecule has 1 fully saturated rings. The zero-order valence-corrected chi connectivity index (χ0v) is 10.6. The number of hydrogen-bond acceptors (Lipinski definition) is 3. The molecule has 0 spiro atoms. The first-order valence-electron chi connectivity index (χ1n) is 6.56. The van der Waals surface area contributed by atoms with E-state index >= 15 is 0 Å². The van der Waals surface area contributed by atoms with Crippen LogP contribution in [-0.2, 0) is 6.54 Å². The van der Waals surface area contributed by atoms with Crippen LogP contribution in [0.1, 0.15) is 28.8 Å². The molecule has 1 heterocycles. The number of carbonyl (C=O) groups excluding carboxylic acids is 1. The molecule has 98 valence electrons. The molecule has 2 rings (SSSR count). The lowest BCUT2D eigenvalue weighted by Crippen LogP contribution is -2.35. The van der Waals surface area contributed by atoms with Gasteiger partial charge < -0.3 is 16.4 Å². The molecule has 1 amide bonds. The first-order chi connectivity index (χ1) is 8.75. The number of carbonyl (C=O) groups is 1. The minimum atomic E-state index is -0.367. The molecule has 0 saturated carbocycles. The van der Waals surface area contributed by atoms with Crippen molar-refractivity contribution in [3.8, 4) is 0 Å². The number of nitrogens with two attached hydrogens (primary N) is 1. The molecule has 0 radical (unpaired) electrons. The predicted octanol–water partition coefficient (Wildman–Crippen LogP) is 0.875. The summed E-state index contributed by atoms with van der Waals surface area (Å²) in [4.78, 5) is 11.1. The van der Waals surface area contributed by atoms with Crippen molar-refractivity contribution in [3.05, 3.63) is 35.4 Å². The molecule has 0 aromatic heterocycles. The van der Waals surface area contributed by atoms with Crippen LogP contribution in [0.2, 0.25) is 0 Å². The predicted molar refractivity (Wildman–Crippen MR) is 72.3 cm³/mol. The van der Waals surface area contributed by atoms with E-state index in [1.54, 1.807) is 6.07 Å². The summed E-state index contributed by atoms with van der Waals surface area (Å²) in [5.41, 5.74) is 6.94. The van der Waals surface area contributed by atoms with E-state index in [0.29, 0.717) is 5.56 Å². The lowest BCUT2D eigenvalue weighted by molar-refractivity contribution is 0.1000. The van der Waals surface area contributed by atoms with Crippen molar-refractivity contribution >= 4 is 5.91 Å². The lowest BCUT2D eigenvalue weighted by atomic mass is 10.00. The Morgan fingerprint density at radius 1 is 1.50 bits per heavy atom. The van der Waals surface area contributed by atoms with Gasteiger partial charge in [-0.2, -0.15) is 0 Å². The maximum atomic E-state index is 11.1. The SMILES string of the molecule is NC(=O)c1cccc(CNCC2CCCNC2)c1. The molecule has 4 N–H and O–H groups in total. The van der Waals surface area contributed by atoms with E-state index in [4.69, 9.17) is 5.73 Å². The fraction of sp³-hybridized carbons (Fsp3) is 0.500. The number of benzene rings is 1. The van der Waals surface area contributed by atoms with E-state index in [-0.39, 0.29) is 5.91 Å². The highest BCUT2D eigenvalue weighted by molar-refractivity contribution is 5.92. The Kier molecular flexibility index (Phi) is 4.73. The molecule has 18 heavy (non-hydrogen) atoms. The van der Waals surface area contributed by atoms with Crippen molar-refractivity contribution in [2.45, 2.75) is 19.4 Å². The second-order valence-electron chi connectivity index (χ2n) is 4.91. The third-order valence-electron chi connectivity index (χ3n) is 3.37. The van der Waals surface area contributed by atoms with Crippen molar-refractivity contribution in [1.82, 2.24) is 10.6 Å². The molecule has 0 bridgehead atoms. The van der Waals surface area contributed by atoms with Crippen LogP contribution in [0.5, 0.6) is 0 Å². The Balaban J connectivity index is 1.78. The van der Waals surface area contributed by atoms with Gasteiger partial charge in [-0.15, -0.1) is 0 Å². The van der Waals surface area contributed by atoms with E-state index in [0.717, 1.165) is 37.7 Å². The van der Waals surface area contributed by atoms with Crippen LogP contribution in [0.25, 0.3) is 0 Å². The van der Waals surface area contributed by atoms with Crippen LogP contribution in [0.4, 0.5) is 0 Å². The quantitative estimate of drug-likeness (QED) is 0.723. The summed E-state index contributed by atoms with van der Waals surface area (Å²) in [5, 5.41) is 6.85. The largest absolute Gasteiger partial charge is 0.366 e. The molecule has 1 saturated heterocycles. The molecule has 1 unspecified atom stereocenters. The van der Waals surface area contributed by atoms with E-state index in [9.17, 15) is 4.79 Å². The second-order valence-corrected chi connectivity index (χ2v) is 4.91. The Hall–Kier alpha value is -1.39. The van der Waals surface area contributed by atoms with Crippen molar-refractivity contribution in [2.24, 2.45) is 11.7 Å². The smallest absolute Gasteiger partial charge is 0.248 e. The fourth-order valence-corrected chi connectivity index (χ4v) is 2.35. The second kappa shape index (κ2) is 6.52. The van der Waals surface area contributed by atoms with Crippen molar-refractivity contribution in [3.63, 3.8) is 0 Å². The van der Waals surface area contributed by atoms with Crippen LogP contribution < -0.4 is 16.4 Å². The number of amides is 1. The fourth-order valence-electron chi connectivity index (χ4n) is 2.35. The molecule has 0 aliphatic carbocycles. The standard InChI is InChI=1S/C14H21N3O/c15-14(18)13-5-1-3-11(7-13)8-17-10-12-4-2-6-16-9-12/h1,3,5,7,12,16-17H,2,4,6,8-10H2,(H2,15,18). The van der Waals surface area contributed by atoms with Crippen LogP contribution in [0, 0.1) is 5.92 Å². The van der Waals surface area contributed by atoms with Crippen LogP contribution in [-0.4, -0.2) is 25.5 Å². The van der Waals surface area contributed by atoms with Gasteiger partial charge in [0.05, 0.1) is 0 Å². The Bertz CT molecular complexity index is 400. The van der Waals surface area contributed by atoms with E-state index in [2.05, 4.69) is 10.6 Å². The van der Waals surface area contributed by atoms with E-state index in [1.807, 2.05) is 18.2 Å². The van der Waals surface area contributed by atoms with Crippen LogP contribution in [0.15, 0.2) is 24.3 Å². The first kappa shape index (κ1) is 13.1. The highest BCUT2D eigenvalue weighted by Gasteiger charge is 2.11. The third kappa shape index (κ3) is 3.82. The van der Waals surface area contributed by atoms with Crippen LogP contribution in [0.3, 0.4) is 0 Å². The summed E-state index contributed by atoms with van der Waals surface area (Å²) in [5.74, 6) is 0.353. The number of primary amides is 1. The van der Waals surface area contributed by atoms with Gasteiger partial charge in [-0.1, -0.05) is 12.1 Å². The maximum Gasteiger partial charge on any atom is 0.248 e. The summed E-state index contributed by atoms with van der Waals surface area (Å²) in [7, 11) is 0. The Morgan fingerprint density at radius 2 is 2.39 bits per heavy atom. The van der Waals surface area contributed by atoms with Crippen molar-refractivity contribution < 1.29 is 4.79 Å². The van der Waals surface area contributed by atoms with Gasteiger partial charge in [0.15, 0.2) is 0 Å². The average molecular weight is 247 g/mol. The number of nitrogens with one attached hydrogen (secondary N) is 2. The highest BCUT2D eigenvalue weighted by Crippen LogP contribution is 2.09. The van der Waals surface area contributed by atoms with Gasteiger partial charge in [0, 0.05) is 12.1 Å².